The van der Waals surface area contributed by atoms with Crippen LogP contribution in [-0.4, -0.2) is 46.4 Å². The van der Waals surface area contributed by atoms with Crippen LogP contribution in [0.15, 0.2) is 18.2 Å². The van der Waals surface area contributed by atoms with Crippen LogP contribution in [0.2, 0.25) is 0 Å². The van der Waals surface area contributed by atoms with E-state index in [2.05, 4.69) is 15.5 Å². The third-order valence-electron chi connectivity index (χ3n) is 2.90. The molecule has 19 heavy (non-hydrogen) atoms. The quantitative estimate of drug-likeness (QED) is 0.768. The highest BCUT2D eigenvalue weighted by Gasteiger charge is 2.14. The number of likely N-dealkylation sites (N-methyl/N-ethyl adjacent to an activating group) is 2. The highest BCUT2D eigenvalue weighted by atomic mass is 16.7. The summed E-state index contributed by atoms with van der Waals surface area (Å²) in [6.45, 7) is 1.96. The summed E-state index contributed by atoms with van der Waals surface area (Å²) in [5.41, 5.74) is 1.03. The molecule has 6 nitrogen and oxygen atoms in total. The molecule has 6 heteroatoms. The maximum absolute atomic E-state index is 11.3. The van der Waals surface area contributed by atoms with Crippen molar-refractivity contribution in [3.63, 3.8) is 0 Å². The molecule has 0 saturated heterocycles. The highest BCUT2D eigenvalue weighted by Crippen LogP contribution is 2.35. The molecule has 2 N–H and O–H groups in total. The molecule has 0 spiro atoms. The van der Waals surface area contributed by atoms with Gasteiger partial charge in [0, 0.05) is 31.9 Å². The number of ether oxygens (including phenoxy) is 2. The van der Waals surface area contributed by atoms with Crippen molar-refractivity contribution in [3.05, 3.63) is 18.2 Å². The lowest BCUT2D eigenvalue weighted by molar-refractivity contribution is -0.120. The van der Waals surface area contributed by atoms with E-state index in [1.165, 1.54) is 0 Å². The van der Waals surface area contributed by atoms with E-state index < -0.39 is 0 Å². The lowest BCUT2D eigenvalue weighted by Gasteiger charge is -2.19. The molecule has 1 aromatic carbocycles. The summed E-state index contributed by atoms with van der Waals surface area (Å²) in [5, 5.41) is 5.65. The van der Waals surface area contributed by atoms with Crippen LogP contribution in [-0.2, 0) is 4.79 Å². The Bertz CT molecular complexity index is 451. The Hall–Kier alpha value is -1.95. The van der Waals surface area contributed by atoms with Gasteiger partial charge in [-0.1, -0.05) is 0 Å². The van der Waals surface area contributed by atoms with Crippen LogP contribution >= 0.6 is 0 Å². The van der Waals surface area contributed by atoms with Gasteiger partial charge in [0.05, 0.1) is 6.54 Å². The van der Waals surface area contributed by atoms with Crippen LogP contribution in [0.1, 0.15) is 0 Å². The Morgan fingerprint density at radius 2 is 2.16 bits per heavy atom. The number of carbonyl (C=O) groups excluding carboxylic acids is 1. The van der Waals surface area contributed by atoms with Gasteiger partial charge in [-0.15, -0.1) is 0 Å². The van der Waals surface area contributed by atoms with E-state index in [1.54, 1.807) is 7.05 Å². The zero-order valence-electron chi connectivity index (χ0n) is 11.2. The minimum atomic E-state index is 0.00147. The second kappa shape index (κ2) is 6.29. The molecule has 1 heterocycles. The average Bonchev–Trinajstić information content (AvgIpc) is 2.86. The first kappa shape index (κ1) is 13.5. The Kier molecular flexibility index (Phi) is 4.46. The summed E-state index contributed by atoms with van der Waals surface area (Å²) < 4.78 is 10.6. The summed E-state index contributed by atoms with van der Waals surface area (Å²) >= 11 is 0. The maximum Gasteiger partial charge on any atom is 0.234 e. The van der Waals surface area contributed by atoms with E-state index in [0.717, 1.165) is 23.7 Å². The Morgan fingerprint density at radius 1 is 1.37 bits per heavy atom. The first-order valence-corrected chi connectivity index (χ1v) is 6.23. The lowest BCUT2D eigenvalue weighted by Crippen LogP contribution is -2.37. The molecule has 1 aliphatic heterocycles. The van der Waals surface area contributed by atoms with Gasteiger partial charge >= 0.3 is 0 Å². The van der Waals surface area contributed by atoms with Crippen LogP contribution in [0, 0.1) is 0 Å². The normalized spacial score (nSPS) is 12.3. The van der Waals surface area contributed by atoms with Gasteiger partial charge in [0.2, 0.25) is 12.7 Å². The number of amides is 1. The van der Waals surface area contributed by atoms with Crippen molar-refractivity contribution in [3.8, 4) is 11.5 Å². The van der Waals surface area contributed by atoms with Gasteiger partial charge in [-0.3, -0.25) is 4.79 Å². The van der Waals surface area contributed by atoms with E-state index >= 15 is 0 Å². The lowest BCUT2D eigenvalue weighted by atomic mass is 10.2. The molecule has 1 aliphatic rings. The van der Waals surface area contributed by atoms with Gasteiger partial charge in [0.1, 0.15) is 0 Å². The number of nitrogens with one attached hydrogen (secondary N) is 2. The summed E-state index contributed by atoms with van der Waals surface area (Å²) in [7, 11) is 3.72. The van der Waals surface area contributed by atoms with Crippen LogP contribution in [0.25, 0.3) is 0 Å². The molecule has 0 saturated carbocycles. The molecule has 0 fully saturated rings. The maximum atomic E-state index is 11.3. The SMILES string of the molecule is CNCC(=O)NCCN(C)c1ccc2c(c1)OCO2. The number of hydrogen-bond donors (Lipinski definition) is 2. The third kappa shape index (κ3) is 3.51. The van der Waals surface area contributed by atoms with E-state index in [1.807, 2.05) is 25.2 Å². The molecule has 1 aromatic rings. The van der Waals surface area contributed by atoms with Crippen LogP contribution in [0.4, 0.5) is 5.69 Å². The molecule has 0 bridgehead atoms. The number of rotatable bonds is 6. The number of benzene rings is 1. The largest absolute Gasteiger partial charge is 0.454 e. The van der Waals surface area contributed by atoms with E-state index in [-0.39, 0.29) is 12.7 Å². The van der Waals surface area contributed by atoms with E-state index in [9.17, 15) is 4.79 Å². The number of carbonyl (C=O) groups is 1. The zero-order chi connectivity index (χ0) is 13.7. The van der Waals surface area contributed by atoms with Crippen LogP contribution in [0.5, 0.6) is 11.5 Å². The predicted octanol–water partition coefficient (Wildman–Crippen LogP) is 0.187. The van der Waals surface area contributed by atoms with Crippen molar-refractivity contribution in [1.82, 2.24) is 10.6 Å². The van der Waals surface area contributed by atoms with Gasteiger partial charge in [-0.05, 0) is 19.2 Å². The fraction of sp³-hybridized carbons (Fsp3) is 0.462. The summed E-state index contributed by atoms with van der Waals surface area (Å²) in [6.07, 6.45) is 0. The van der Waals surface area contributed by atoms with Gasteiger partial charge in [-0.2, -0.15) is 0 Å². The molecule has 0 unspecified atom stereocenters. The van der Waals surface area contributed by atoms with Crippen LogP contribution in [0.3, 0.4) is 0 Å². The Morgan fingerprint density at radius 3 is 2.95 bits per heavy atom. The number of anilines is 1. The van der Waals surface area contributed by atoms with Crippen molar-refractivity contribution >= 4 is 11.6 Å². The average molecular weight is 265 g/mol. The predicted molar refractivity (Wildman–Crippen MR) is 72.8 cm³/mol. The molecule has 0 aliphatic carbocycles. The molecule has 0 atom stereocenters. The Balaban J connectivity index is 1.83. The molecule has 1 amide bonds. The van der Waals surface area contributed by atoms with Gasteiger partial charge < -0.3 is 25.0 Å². The van der Waals surface area contributed by atoms with Gasteiger partial charge in [-0.25, -0.2) is 0 Å². The monoisotopic (exact) mass is 265 g/mol. The highest BCUT2D eigenvalue weighted by molar-refractivity contribution is 5.77. The fourth-order valence-electron chi connectivity index (χ4n) is 1.84. The fourth-order valence-corrected chi connectivity index (χ4v) is 1.84. The molecular formula is C13H19N3O3. The zero-order valence-corrected chi connectivity index (χ0v) is 11.2. The minimum Gasteiger partial charge on any atom is -0.454 e. The topological polar surface area (TPSA) is 62.8 Å². The number of hydrogen-bond acceptors (Lipinski definition) is 5. The minimum absolute atomic E-state index is 0.00147. The standard InChI is InChI=1S/C13H19N3O3/c1-14-8-13(17)15-5-6-16(2)10-3-4-11-12(7-10)19-9-18-11/h3-4,7,14H,5-6,8-9H2,1-2H3,(H,15,17). The van der Waals surface area contributed by atoms with Crippen molar-refractivity contribution in [2.24, 2.45) is 0 Å². The van der Waals surface area contributed by atoms with Crippen molar-refractivity contribution in [1.29, 1.82) is 0 Å². The smallest absolute Gasteiger partial charge is 0.234 e. The van der Waals surface area contributed by atoms with Gasteiger partial charge in [0.15, 0.2) is 11.5 Å². The first-order valence-electron chi connectivity index (χ1n) is 6.23. The van der Waals surface area contributed by atoms with Crippen molar-refractivity contribution in [2.45, 2.75) is 0 Å². The van der Waals surface area contributed by atoms with Crippen molar-refractivity contribution < 1.29 is 14.3 Å². The second-order valence-corrected chi connectivity index (χ2v) is 4.34. The molecular weight excluding hydrogens is 246 g/mol. The van der Waals surface area contributed by atoms with Gasteiger partial charge in [0.25, 0.3) is 0 Å². The summed E-state index contributed by atoms with van der Waals surface area (Å²) in [6, 6.07) is 5.81. The van der Waals surface area contributed by atoms with E-state index in [4.69, 9.17) is 9.47 Å². The molecule has 2 rings (SSSR count). The Labute approximate surface area is 112 Å². The number of fused-ring (bicyclic) bond motifs is 1. The first-order chi connectivity index (χ1) is 9.20. The van der Waals surface area contributed by atoms with E-state index in [0.29, 0.717) is 13.1 Å². The second-order valence-electron chi connectivity index (χ2n) is 4.34. The van der Waals surface area contributed by atoms with Crippen molar-refractivity contribution in [2.75, 3.05) is 45.4 Å². The molecule has 0 aromatic heterocycles. The third-order valence-corrected chi connectivity index (χ3v) is 2.90. The number of nitrogens with zero attached hydrogens (tertiary/aromatic N) is 1. The summed E-state index contributed by atoms with van der Waals surface area (Å²) in [4.78, 5) is 13.3. The molecule has 0 radical (unpaired) electrons. The summed E-state index contributed by atoms with van der Waals surface area (Å²) in [5.74, 6) is 1.55. The molecule has 104 valence electrons. The van der Waals surface area contributed by atoms with Crippen LogP contribution < -0.4 is 25.0 Å².